The number of benzene rings is 1. The SMILES string of the molecule is CNS(=O)(=O)c1ccccc1NCc1sccc1Br. The lowest BCUT2D eigenvalue weighted by molar-refractivity contribution is 0.588. The van der Waals surface area contributed by atoms with Gasteiger partial charge in [-0.25, -0.2) is 13.1 Å². The fraction of sp³-hybridized carbons (Fsp3) is 0.167. The molecule has 0 aliphatic rings. The van der Waals surface area contributed by atoms with Crippen LogP contribution in [0.25, 0.3) is 0 Å². The van der Waals surface area contributed by atoms with Crippen LogP contribution in [0.4, 0.5) is 5.69 Å². The number of hydrogen-bond donors (Lipinski definition) is 2. The fourth-order valence-electron chi connectivity index (χ4n) is 1.58. The van der Waals surface area contributed by atoms with Crippen LogP contribution in [-0.2, 0) is 16.6 Å². The maximum atomic E-state index is 11.9. The zero-order chi connectivity index (χ0) is 13.9. The van der Waals surface area contributed by atoms with E-state index in [1.807, 2.05) is 11.4 Å². The maximum Gasteiger partial charge on any atom is 0.242 e. The first-order valence-electron chi connectivity index (χ1n) is 5.53. The van der Waals surface area contributed by atoms with E-state index in [1.54, 1.807) is 35.6 Å². The summed E-state index contributed by atoms with van der Waals surface area (Å²) in [5.74, 6) is 0. The molecule has 2 aromatic rings. The summed E-state index contributed by atoms with van der Waals surface area (Å²) in [7, 11) is -2.05. The van der Waals surface area contributed by atoms with Gasteiger partial charge in [0.15, 0.2) is 0 Å². The number of rotatable bonds is 5. The Morgan fingerprint density at radius 1 is 1.26 bits per heavy atom. The molecule has 2 rings (SSSR count). The lowest BCUT2D eigenvalue weighted by Crippen LogP contribution is -2.20. The van der Waals surface area contributed by atoms with Gasteiger partial charge in [0.1, 0.15) is 4.90 Å². The third kappa shape index (κ3) is 3.36. The number of hydrogen-bond acceptors (Lipinski definition) is 4. The van der Waals surface area contributed by atoms with Crippen LogP contribution in [0, 0.1) is 0 Å². The van der Waals surface area contributed by atoms with Crippen molar-refractivity contribution in [2.75, 3.05) is 12.4 Å². The average molecular weight is 361 g/mol. The summed E-state index contributed by atoms with van der Waals surface area (Å²) in [5.41, 5.74) is 0.595. The van der Waals surface area contributed by atoms with Gasteiger partial charge < -0.3 is 5.32 Å². The molecule has 4 nitrogen and oxygen atoms in total. The standard InChI is InChI=1S/C12H13BrN2O2S2/c1-14-19(16,17)12-5-3-2-4-10(12)15-8-11-9(13)6-7-18-11/h2-7,14-15H,8H2,1H3. The highest BCUT2D eigenvalue weighted by atomic mass is 79.9. The summed E-state index contributed by atoms with van der Waals surface area (Å²) < 4.78 is 27.1. The van der Waals surface area contributed by atoms with Crippen LogP contribution in [0.3, 0.4) is 0 Å². The Kier molecular flexibility index (Phi) is 4.62. The molecule has 0 saturated heterocycles. The predicted molar refractivity (Wildman–Crippen MR) is 82.0 cm³/mol. The number of anilines is 1. The highest BCUT2D eigenvalue weighted by molar-refractivity contribution is 9.10. The second kappa shape index (κ2) is 6.04. The molecule has 0 fully saturated rings. The van der Waals surface area contributed by atoms with Crippen molar-refractivity contribution in [3.05, 3.63) is 45.1 Å². The van der Waals surface area contributed by atoms with Gasteiger partial charge in [0.05, 0.1) is 12.2 Å². The Bertz CT molecular complexity index is 668. The van der Waals surface area contributed by atoms with Crippen molar-refractivity contribution in [3.63, 3.8) is 0 Å². The molecule has 0 saturated carbocycles. The minimum Gasteiger partial charge on any atom is -0.379 e. The normalized spacial score (nSPS) is 11.5. The summed E-state index contributed by atoms with van der Waals surface area (Å²) in [6.45, 7) is 0.578. The van der Waals surface area contributed by atoms with E-state index in [9.17, 15) is 8.42 Å². The molecule has 7 heteroatoms. The number of nitrogens with one attached hydrogen (secondary N) is 2. The van der Waals surface area contributed by atoms with Gasteiger partial charge in [0.25, 0.3) is 0 Å². The van der Waals surface area contributed by atoms with Gasteiger partial charge in [0, 0.05) is 9.35 Å². The first-order valence-corrected chi connectivity index (χ1v) is 8.68. The lowest BCUT2D eigenvalue weighted by Gasteiger charge is -2.11. The molecule has 102 valence electrons. The summed E-state index contributed by atoms with van der Waals surface area (Å²) in [6.07, 6.45) is 0. The fourth-order valence-corrected chi connectivity index (χ4v) is 3.92. The Hall–Kier alpha value is -0.890. The molecular formula is C12H13BrN2O2S2. The predicted octanol–water partition coefficient (Wildman–Crippen LogP) is 3.03. The van der Waals surface area contributed by atoms with Crippen LogP contribution in [0.15, 0.2) is 45.1 Å². The molecule has 1 aromatic carbocycles. The third-order valence-corrected chi connectivity index (χ3v) is 5.97. The van der Waals surface area contributed by atoms with Crippen LogP contribution in [-0.4, -0.2) is 15.5 Å². The van der Waals surface area contributed by atoms with Crippen molar-refractivity contribution in [1.29, 1.82) is 0 Å². The Balaban J connectivity index is 2.24. The Labute approximate surface area is 125 Å². The molecule has 0 spiro atoms. The summed E-state index contributed by atoms with van der Waals surface area (Å²) in [4.78, 5) is 1.38. The van der Waals surface area contributed by atoms with Crippen molar-refractivity contribution >= 4 is 43.0 Å². The molecule has 1 aromatic heterocycles. The van der Waals surface area contributed by atoms with Crippen LogP contribution in [0.5, 0.6) is 0 Å². The van der Waals surface area contributed by atoms with Crippen molar-refractivity contribution in [3.8, 4) is 0 Å². The quantitative estimate of drug-likeness (QED) is 0.861. The number of para-hydroxylation sites is 1. The number of halogens is 1. The molecule has 0 atom stereocenters. The van der Waals surface area contributed by atoms with E-state index < -0.39 is 10.0 Å². The topological polar surface area (TPSA) is 58.2 Å². The summed E-state index contributed by atoms with van der Waals surface area (Å²) in [6, 6.07) is 8.82. The van der Waals surface area contributed by atoms with E-state index >= 15 is 0 Å². The molecule has 0 bridgehead atoms. The zero-order valence-corrected chi connectivity index (χ0v) is 13.4. The van der Waals surface area contributed by atoms with Gasteiger partial charge in [0.2, 0.25) is 10.0 Å². The smallest absolute Gasteiger partial charge is 0.242 e. The van der Waals surface area contributed by atoms with Gasteiger partial charge in [-0.3, -0.25) is 0 Å². The van der Waals surface area contributed by atoms with Crippen LogP contribution in [0.1, 0.15) is 4.88 Å². The van der Waals surface area contributed by atoms with Gasteiger partial charge in [-0.05, 0) is 46.6 Å². The maximum absolute atomic E-state index is 11.9. The Morgan fingerprint density at radius 2 is 2.00 bits per heavy atom. The van der Waals surface area contributed by atoms with Crippen molar-refractivity contribution in [2.24, 2.45) is 0 Å². The Morgan fingerprint density at radius 3 is 2.63 bits per heavy atom. The van der Waals surface area contributed by atoms with Crippen molar-refractivity contribution in [2.45, 2.75) is 11.4 Å². The van der Waals surface area contributed by atoms with Gasteiger partial charge in [-0.15, -0.1) is 11.3 Å². The zero-order valence-electron chi connectivity index (χ0n) is 10.2. The molecule has 0 aliphatic heterocycles. The number of sulfonamides is 1. The van der Waals surface area contributed by atoms with Crippen LogP contribution in [0.2, 0.25) is 0 Å². The minimum atomic E-state index is -3.45. The van der Waals surface area contributed by atoms with Gasteiger partial charge in [-0.2, -0.15) is 0 Å². The molecular weight excluding hydrogens is 348 g/mol. The molecule has 2 N–H and O–H groups in total. The highest BCUT2D eigenvalue weighted by Crippen LogP contribution is 2.26. The molecule has 0 aliphatic carbocycles. The van der Waals surface area contributed by atoms with E-state index in [4.69, 9.17) is 0 Å². The van der Waals surface area contributed by atoms with E-state index in [1.165, 1.54) is 7.05 Å². The molecule has 1 heterocycles. The number of thiophene rings is 1. The average Bonchev–Trinajstić information content (AvgIpc) is 2.82. The first-order chi connectivity index (χ1) is 9.04. The molecule has 0 radical (unpaired) electrons. The minimum absolute atomic E-state index is 0.255. The second-order valence-corrected chi connectivity index (χ2v) is 7.46. The van der Waals surface area contributed by atoms with E-state index in [2.05, 4.69) is 26.0 Å². The highest BCUT2D eigenvalue weighted by Gasteiger charge is 2.15. The largest absolute Gasteiger partial charge is 0.379 e. The lowest BCUT2D eigenvalue weighted by atomic mass is 10.3. The second-order valence-electron chi connectivity index (χ2n) is 3.75. The molecule has 0 amide bonds. The van der Waals surface area contributed by atoms with Gasteiger partial charge >= 0.3 is 0 Å². The van der Waals surface area contributed by atoms with E-state index in [-0.39, 0.29) is 4.90 Å². The van der Waals surface area contributed by atoms with Crippen LogP contribution < -0.4 is 10.0 Å². The summed E-state index contributed by atoms with van der Waals surface area (Å²) in [5, 5.41) is 5.14. The molecule has 0 unspecified atom stereocenters. The monoisotopic (exact) mass is 360 g/mol. The van der Waals surface area contributed by atoms with Crippen molar-refractivity contribution < 1.29 is 8.42 Å². The van der Waals surface area contributed by atoms with E-state index in [0.29, 0.717) is 12.2 Å². The first kappa shape index (κ1) is 14.5. The van der Waals surface area contributed by atoms with Crippen molar-refractivity contribution in [1.82, 2.24) is 4.72 Å². The van der Waals surface area contributed by atoms with E-state index in [0.717, 1.165) is 9.35 Å². The van der Waals surface area contributed by atoms with Gasteiger partial charge in [-0.1, -0.05) is 12.1 Å². The molecule has 19 heavy (non-hydrogen) atoms. The summed E-state index contributed by atoms with van der Waals surface area (Å²) >= 11 is 5.06. The third-order valence-electron chi connectivity index (χ3n) is 2.58. The van der Waals surface area contributed by atoms with Crippen LogP contribution >= 0.6 is 27.3 Å².